The quantitative estimate of drug-likeness (QED) is 0.704. The molecule has 1 aliphatic carbocycles. The lowest BCUT2D eigenvalue weighted by Crippen LogP contribution is -2.34. The summed E-state index contributed by atoms with van der Waals surface area (Å²) in [7, 11) is 0. The van der Waals surface area contributed by atoms with Gasteiger partial charge in [-0.05, 0) is 30.3 Å². The third-order valence-electron chi connectivity index (χ3n) is 4.81. The molecule has 2 aliphatic rings. The molecule has 0 unspecified atom stereocenters. The van der Waals surface area contributed by atoms with Crippen LogP contribution in [0.25, 0.3) is 0 Å². The van der Waals surface area contributed by atoms with E-state index in [4.69, 9.17) is 9.47 Å². The SMILES string of the molecule is O=C(Nc1ccc(F)c(F)c1)N[C@@H]1[C@H]2Oc3ccc(Oc4ccncn4)cc3[C@@H]12. The van der Waals surface area contributed by atoms with Crippen molar-refractivity contribution in [3.8, 4) is 17.4 Å². The molecule has 1 fully saturated rings. The highest BCUT2D eigenvalue weighted by molar-refractivity contribution is 5.90. The first-order valence-corrected chi connectivity index (χ1v) is 8.85. The lowest BCUT2D eigenvalue weighted by atomic mass is 10.1. The predicted molar refractivity (Wildman–Crippen MR) is 98.0 cm³/mol. The van der Waals surface area contributed by atoms with Gasteiger partial charge in [0.1, 0.15) is 23.9 Å². The Kier molecular flexibility index (Phi) is 4.01. The monoisotopic (exact) mass is 396 g/mol. The third kappa shape index (κ3) is 3.31. The zero-order valence-corrected chi connectivity index (χ0v) is 14.8. The van der Waals surface area contributed by atoms with E-state index in [1.807, 2.05) is 12.1 Å². The maximum absolute atomic E-state index is 13.3. The van der Waals surface area contributed by atoms with Crippen LogP contribution in [0.2, 0.25) is 0 Å². The highest BCUT2D eigenvalue weighted by Gasteiger charge is 2.59. The van der Waals surface area contributed by atoms with E-state index in [1.165, 1.54) is 12.4 Å². The van der Waals surface area contributed by atoms with Gasteiger partial charge < -0.3 is 20.1 Å². The summed E-state index contributed by atoms with van der Waals surface area (Å²) in [4.78, 5) is 20.0. The number of urea groups is 1. The number of rotatable bonds is 4. The highest BCUT2D eigenvalue weighted by Crippen LogP contribution is 2.54. The topological polar surface area (TPSA) is 85.4 Å². The number of amides is 2. The number of ether oxygens (including phenoxy) is 2. The first-order chi connectivity index (χ1) is 14.1. The van der Waals surface area contributed by atoms with Crippen LogP contribution in [0.5, 0.6) is 17.4 Å². The summed E-state index contributed by atoms with van der Waals surface area (Å²) in [5.74, 6) is -0.239. The van der Waals surface area contributed by atoms with Crippen LogP contribution in [0, 0.1) is 11.6 Å². The summed E-state index contributed by atoms with van der Waals surface area (Å²) in [6.45, 7) is 0. The van der Waals surface area contributed by atoms with Crippen LogP contribution >= 0.6 is 0 Å². The third-order valence-corrected chi connectivity index (χ3v) is 4.81. The number of nitrogens with zero attached hydrogens (tertiary/aromatic N) is 2. The van der Waals surface area contributed by atoms with Crippen molar-refractivity contribution in [1.82, 2.24) is 15.3 Å². The highest BCUT2D eigenvalue weighted by atomic mass is 19.2. The van der Waals surface area contributed by atoms with Gasteiger partial charge in [-0.1, -0.05) is 0 Å². The van der Waals surface area contributed by atoms with E-state index in [-0.39, 0.29) is 23.8 Å². The molecule has 1 aliphatic heterocycles. The molecule has 2 aromatic carbocycles. The molecule has 5 rings (SSSR count). The van der Waals surface area contributed by atoms with Crippen LogP contribution in [-0.2, 0) is 0 Å². The molecule has 2 amide bonds. The average molecular weight is 396 g/mol. The minimum absolute atomic E-state index is 0.00495. The molecule has 0 bridgehead atoms. The molecule has 2 N–H and O–H groups in total. The van der Waals surface area contributed by atoms with E-state index in [0.29, 0.717) is 11.6 Å². The number of anilines is 1. The fraction of sp³-hybridized carbons (Fsp3) is 0.150. The fourth-order valence-electron chi connectivity index (χ4n) is 3.43. The maximum Gasteiger partial charge on any atom is 0.319 e. The van der Waals surface area contributed by atoms with Crippen molar-refractivity contribution in [2.45, 2.75) is 18.1 Å². The fourth-order valence-corrected chi connectivity index (χ4v) is 3.43. The van der Waals surface area contributed by atoms with Crippen LogP contribution in [0.15, 0.2) is 55.0 Å². The van der Waals surface area contributed by atoms with E-state index >= 15 is 0 Å². The number of nitrogens with one attached hydrogen (secondary N) is 2. The number of carbonyl (C=O) groups excluding carboxylic acids is 1. The normalized spacial score (nSPS) is 20.8. The van der Waals surface area contributed by atoms with Crippen LogP contribution in [-0.4, -0.2) is 28.1 Å². The number of hydrogen-bond acceptors (Lipinski definition) is 5. The van der Waals surface area contributed by atoms with Crippen molar-refractivity contribution in [3.05, 3.63) is 72.2 Å². The molecule has 2 heterocycles. The number of benzene rings is 2. The van der Waals surface area contributed by atoms with E-state index in [2.05, 4.69) is 20.6 Å². The minimum Gasteiger partial charge on any atom is -0.487 e. The average Bonchev–Trinajstić information content (AvgIpc) is 3.22. The molecule has 0 saturated heterocycles. The van der Waals surface area contributed by atoms with Crippen molar-refractivity contribution in [2.24, 2.45) is 0 Å². The standard InChI is InChI=1S/C20H14F2N4O3/c21-13-3-1-10(7-14(13)22)25-20(27)26-18-17-12-8-11(2-4-15(12)29-19(17)18)28-16-5-6-23-9-24-16/h1-9,17-19H,(H2,25,26,27)/t17-,18-,19-/m0/s1. The summed E-state index contributed by atoms with van der Waals surface area (Å²) < 4.78 is 37.8. The van der Waals surface area contributed by atoms with E-state index in [1.54, 1.807) is 18.3 Å². The molecular weight excluding hydrogens is 382 g/mol. The molecule has 9 heteroatoms. The number of halogens is 2. The van der Waals surface area contributed by atoms with Crippen molar-refractivity contribution in [3.63, 3.8) is 0 Å². The van der Waals surface area contributed by atoms with Gasteiger partial charge in [-0.25, -0.2) is 23.5 Å². The molecule has 7 nitrogen and oxygen atoms in total. The number of hydrogen-bond donors (Lipinski definition) is 2. The van der Waals surface area contributed by atoms with Gasteiger partial charge in [0, 0.05) is 29.6 Å². The van der Waals surface area contributed by atoms with E-state index < -0.39 is 17.7 Å². The number of fused-ring (bicyclic) bond motifs is 3. The molecule has 1 saturated carbocycles. The summed E-state index contributed by atoms with van der Waals surface area (Å²) in [6.07, 6.45) is 2.81. The van der Waals surface area contributed by atoms with Gasteiger partial charge in [0.15, 0.2) is 11.6 Å². The molecule has 3 atom stereocenters. The molecule has 0 radical (unpaired) electrons. The van der Waals surface area contributed by atoms with Crippen molar-refractivity contribution in [1.29, 1.82) is 0 Å². The lowest BCUT2D eigenvalue weighted by Gasteiger charge is -2.12. The van der Waals surface area contributed by atoms with Gasteiger partial charge in [0.2, 0.25) is 5.88 Å². The van der Waals surface area contributed by atoms with E-state index in [9.17, 15) is 13.6 Å². The van der Waals surface area contributed by atoms with Gasteiger partial charge in [0.05, 0.1) is 12.0 Å². The second-order valence-corrected chi connectivity index (χ2v) is 6.71. The second-order valence-electron chi connectivity index (χ2n) is 6.71. The summed E-state index contributed by atoms with van der Waals surface area (Å²) in [6, 6.07) is 9.53. The van der Waals surface area contributed by atoms with Crippen LogP contribution < -0.4 is 20.1 Å². The first kappa shape index (κ1) is 17.4. The Morgan fingerprint density at radius 3 is 2.79 bits per heavy atom. The first-order valence-electron chi connectivity index (χ1n) is 8.85. The largest absolute Gasteiger partial charge is 0.487 e. The Balaban J connectivity index is 1.24. The number of aromatic nitrogens is 2. The maximum atomic E-state index is 13.3. The molecule has 146 valence electrons. The van der Waals surface area contributed by atoms with Gasteiger partial charge in [-0.3, -0.25) is 0 Å². The number of carbonyl (C=O) groups is 1. The van der Waals surface area contributed by atoms with Gasteiger partial charge >= 0.3 is 6.03 Å². The Labute approximate surface area is 163 Å². The Morgan fingerprint density at radius 2 is 2.00 bits per heavy atom. The second kappa shape index (κ2) is 6.69. The molecule has 0 spiro atoms. The van der Waals surface area contributed by atoms with Crippen LogP contribution in [0.4, 0.5) is 19.3 Å². The Bertz CT molecular complexity index is 1100. The Hall–Kier alpha value is -3.75. The smallest absolute Gasteiger partial charge is 0.319 e. The van der Waals surface area contributed by atoms with Crippen molar-refractivity contribution < 1.29 is 23.0 Å². The predicted octanol–water partition coefficient (Wildman–Crippen LogP) is 3.60. The minimum atomic E-state index is -1.03. The Morgan fingerprint density at radius 1 is 1.10 bits per heavy atom. The zero-order valence-electron chi connectivity index (χ0n) is 14.8. The van der Waals surface area contributed by atoms with E-state index in [0.717, 1.165) is 23.4 Å². The summed E-state index contributed by atoms with van der Waals surface area (Å²) >= 11 is 0. The summed E-state index contributed by atoms with van der Waals surface area (Å²) in [5, 5.41) is 5.28. The van der Waals surface area contributed by atoms with Crippen LogP contribution in [0.1, 0.15) is 11.5 Å². The molecule has 1 aromatic heterocycles. The lowest BCUT2D eigenvalue weighted by molar-refractivity contribution is 0.246. The van der Waals surface area contributed by atoms with Gasteiger partial charge in [-0.15, -0.1) is 0 Å². The van der Waals surface area contributed by atoms with Crippen molar-refractivity contribution in [2.75, 3.05) is 5.32 Å². The zero-order chi connectivity index (χ0) is 20.0. The van der Waals surface area contributed by atoms with Crippen molar-refractivity contribution >= 4 is 11.7 Å². The molecular formula is C20H14F2N4O3. The summed E-state index contributed by atoms with van der Waals surface area (Å²) in [5.41, 5.74) is 1.09. The van der Waals surface area contributed by atoms with Gasteiger partial charge in [0.25, 0.3) is 0 Å². The molecule has 29 heavy (non-hydrogen) atoms. The van der Waals surface area contributed by atoms with Gasteiger partial charge in [-0.2, -0.15) is 0 Å². The van der Waals surface area contributed by atoms with Crippen LogP contribution in [0.3, 0.4) is 0 Å². The molecule has 3 aromatic rings.